The summed E-state index contributed by atoms with van der Waals surface area (Å²) in [6, 6.07) is 11.2. The van der Waals surface area contributed by atoms with Crippen molar-refractivity contribution >= 4 is 12.4 Å². The Labute approximate surface area is 145 Å². The lowest BCUT2D eigenvalue weighted by Crippen LogP contribution is -2.51. The molecule has 1 aromatic carbocycles. The number of hydrogen-bond acceptors (Lipinski definition) is 4. The first-order chi connectivity index (χ1) is 10.8. The van der Waals surface area contributed by atoms with Crippen molar-refractivity contribution in [1.29, 1.82) is 0 Å². The van der Waals surface area contributed by atoms with Crippen molar-refractivity contribution in [3.63, 3.8) is 0 Å². The molecule has 1 aliphatic carbocycles. The number of nitrogens with one attached hydrogen (secondary N) is 2. The Morgan fingerprint density at radius 3 is 2.87 bits per heavy atom. The highest BCUT2D eigenvalue weighted by Gasteiger charge is 2.34. The minimum absolute atomic E-state index is 0. The van der Waals surface area contributed by atoms with E-state index in [2.05, 4.69) is 17.6 Å². The van der Waals surface area contributed by atoms with Crippen molar-refractivity contribution < 1.29 is 9.47 Å². The zero-order chi connectivity index (χ0) is 15.2. The molecule has 2 N–H and O–H groups in total. The van der Waals surface area contributed by atoms with Gasteiger partial charge in [-0.1, -0.05) is 24.6 Å². The highest BCUT2D eigenvalue weighted by atomic mass is 35.5. The molecule has 23 heavy (non-hydrogen) atoms. The lowest BCUT2D eigenvalue weighted by Gasteiger charge is -2.33. The highest BCUT2D eigenvalue weighted by Crippen LogP contribution is 2.29. The van der Waals surface area contributed by atoms with Crippen LogP contribution in [-0.4, -0.2) is 44.5 Å². The van der Waals surface area contributed by atoms with E-state index in [1.807, 2.05) is 30.3 Å². The lowest BCUT2D eigenvalue weighted by molar-refractivity contribution is 0.0518. The molecule has 0 spiro atoms. The molecule has 1 aliphatic heterocycles. The van der Waals surface area contributed by atoms with Crippen molar-refractivity contribution in [3.05, 3.63) is 30.3 Å². The molecule has 1 heterocycles. The minimum Gasteiger partial charge on any atom is -0.489 e. The standard InChI is InChI=1S/C18H28N2O2.ClH/c1-14(22-15-6-3-2-4-7-15)12-20-17-9-5-8-16(17)18-13-21-11-10-19-18;/h2-4,6-7,14,16-20H,5,8-13H2,1H3;1H. The molecule has 3 rings (SSSR count). The predicted octanol–water partition coefficient (Wildman–Crippen LogP) is 2.62. The number of morpholine rings is 1. The summed E-state index contributed by atoms with van der Waals surface area (Å²) in [5.41, 5.74) is 0. The molecule has 2 fully saturated rings. The van der Waals surface area contributed by atoms with Crippen molar-refractivity contribution in [1.82, 2.24) is 10.6 Å². The number of hydrogen-bond donors (Lipinski definition) is 2. The lowest BCUT2D eigenvalue weighted by atomic mass is 9.94. The van der Waals surface area contributed by atoms with Gasteiger partial charge in [0.1, 0.15) is 11.9 Å². The Bertz CT molecular complexity index is 440. The number of rotatable bonds is 6. The summed E-state index contributed by atoms with van der Waals surface area (Å²) in [6.07, 6.45) is 4.06. The second-order valence-corrected chi connectivity index (χ2v) is 6.49. The van der Waals surface area contributed by atoms with Gasteiger partial charge >= 0.3 is 0 Å². The molecule has 0 amide bonds. The largest absolute Gasteiger partial charge is 0.489 e. The van der Waals surface area contributed by atoms with Crippen molar-refractivity contribution in [2.45, 2.75) is 44.4 Å². The highest BCUT2D eigenvalue weighted by molar-refractivity contribution is 5.85. The Kier molecular flexibility index (Phi) is 7.63. The smallest absolute Gasteiger partial charge is 0.119 e. The Morgan fingerprint density at radius 1 is 1.30 bits per heavy atom. The maximum absolute atomic E-state index is 5.95. The first-order valence-electron chi connectivity index (χ1n) is 8.59. The molecule has 4 nitrogen and oxygen atoms in total. The summed E-state index contributed by atoms with van der Waals surface area (Å²) in [7, 11) is 0. The third-order valence-electron chi connectivity index (χ3n) is 4.78. The number of benzene rings is 1. The summed E-state index contributed by atoms with van der Waals surface area (Å²) < 4.78 is 11.6. The average molecular weight is 341 g/mol. The van der Waals surface area contributed by atoms with Crippen LogP contribution in [-0.2, 0) is 4.74 Å². The van der Waals surface area contributed by atoms with Gasteiger partial charge in [-0.05, 0) is 37.8 Å². The van der Waals surface area contributed by atoms with Crippen LogP contribution in [0.15, 0.2) is 30.3 Å². The first kappa shape index (κ1) is 18.5. The van der Waals surface area contributed by atoms with Crippen LogP contribution < -0.4 is 15.4 Å². The molecule has 4 atom stereocenters. The fraction of sp³-hybridized carbons (Fsp3) is 0.667. The quantitative estimate of drug-likeness (QED) is 0.835. The van der Waals surface area contributed by atoms with Gasteiger partial charge in [-0.3, -0.25) is 0 Å². The van der Waals surface area contributed by atoms with Gasteiger partial charge in [0.15, 0.2) is 0 Å². The van der Waals surface area contributed by atoms with Crippen LogP contribution in [0.1, 0.15) is 26.2 Å². The molecule has 0 bridgehead atoms. The molecule has 1 aromatic rings. The van der Waals surface area contributed by atoms with E-state index < -0.39 is 0 Å². The van der Waals surface area contributed by atoms with Gasteiger partial charge in [0, 0.05) is 25.2 Å². The van der Waals surface area contributed by atoms with Crippen molar-refractivity contribution in [2.75, 3.05) is 26.3 Å². The molecule has 1 saturated carbocycles. The second-order valence-electron chi connectivity index (χ2n) is 6.49. The van der Waals surface area contributed by atoms with Crippen molar-refractivity contribution in [2.24, 2.45) is 5.92 Å². The Hall–Kier alpha value is -0.810. The van der Waals surface area contributed by atoms with Crippen LogP contribution in [0.25, 0.3) is 0 Å². The van der Waals surface area contributed by atoms with Crippen LogP contribution in [0.3, 0.4) is 0 Å². The molecule has 130 valence electrons. The summed E-state index contributed by atoms with van der Waals surface area (Å²) in [5.74, 6) is 1.63. The van der Waals surface area contributed by atoms with Crippen LogP contribution in [0.5, 0.6) is 5.75 Å². The topological polar surface area (TPSA) is 42.5 Å². The van der Waals surface area contributed by atoms with E-state index in [4.69, 9.17) is 9.47 Å². The van der Waals surface area contributed by atoms with Crippen LogP contribution in [0.4, 0.5) is 0 Å². The van der Waals surface area contributed by atoms with E-state index in [1.54, 1.807) is 0 Å². The summed E-state index contributed by atoms with van der Waals surface area (Å²) in [6.45, 7) is 5.72. The van der Waals surface area contributed by atoms with Crippen LogP contribution >= 0.6 is 12.4 Å². The third kappa shape index (κ3) is 5.35. The monoisotopic (exact) mass is 340 g/mol. The van der Waals surface area contributed by atoms with Gasteiger partial charge in [0.25, 0.3) is 0 Å². The fourth-order valence-electron chi connectivity index (χ4n) is 3.67. The summed E-state index contributed by atoms with van der Waals surface area (Å²) in [4.78, 5) is 0. The predicted molar refractivity (Wildman–Crippen MR) is 95.5 cm³/mol. The number of ether oxygens (including phenoxy) is 2. The molecular formula is C18H29ClN2O2. The molecule has 4 unspecified atom stereocenters. The fourth-order valence-corrected chi connectivity index (χ4v) is 3.67. The molecule has 2 aliphatic rings. The zero-order valence-corrected chi connectivity index (χ0v) is 14.7. The van der Waals surface area contributed by atoms with E-state index >= 15 is 0 Å². The Balaban J connectivity index is 0.00000192. The molecular weight excluding hydrogens is 312 g/mol. The molecule has 0 radical (unpaired) electrons. The normalized spacial score (nSPS) is 28.8. The van der Waals surface area contributed by atoms with E-state index in [0.717, 1.165) is 32.1 Å². The first-order valence-corrected chi connectivity index (χ1v) is 8.59. The van der Waals surface area contributed by atoms with Gasteiger partial charge in [0.05, 0.1) is 13.2 Å². The average Bonchev–Trinajstić information content (AvgIpc) is 3.03. The van der Waals surface area contributed by atoms with E-state index in [1.165, 1.54) is 19.3 Å². The number of halogens is 1. The summed E-state index contributed by atoms with van der Waals surface area (Å²) in [5, 5.41) is 7.35. The van der Waals surface area contributed by atoms with Crippen LogP contribution in [0.2, 0.25) is 0 Å². The Morgan fingerprint density at radius 2 is 2.13 bits per heavy atom. The molecule has 5 heteroatoms. The second kappa shape index (κ2) is 9.48. The number of para-hydroxylation sites is 1. The molecule has 0 aromatic heterocycles. The van der Waals surface area contributed by atoms with Crippen LogP contribution in [0, 0.1) is 5.92 Å². The van der Waals surface area contributed by atoms with Gasteiger partial charge in [-0.25, -0.2) is 0 Å². The maximum atomic E-state index is 5.95. The zero-order valence-electron chi connectivity index (χ0n) is 13.9. The summed E-state index contributed by atoms with van der Waals surface area (Å²) >= 11 is 0. The van der Waals surface area contributed by atoms with Gasteiger partial charge in [-0.15, -0.1) is 12.4 Å². The maximum Gasteiger partial charge on any atom is 0.119 e. The SMILES string of the molecule is CC(CNC1CCCC1C1COCCN1)Oc1ccccc1.Cl. The van der Waals surface area contributed by atoms with E-state index in [0.29, 0.717) is 18.0 Å². The molecule has 1 saturated heterocycles. The van der Waals surface area contributed by atoms with Crippen molar-refractivity contribution in [3.8, 4) is 5.75 Å². The third-order valence-corrected chi connectivity index (χ3v) is 4.78. The van der Waals surface area contributed by atoms with Gasteiger partial charge < -0.3 is 20.1 Å². The van der Waals surface area contributed by atoms with E-state index in [9.17, 15) is 0 Å². The minimum atomic E-state index is 0. The van der Waals surface area contributed by atoms with Gasteiger partial charge in [0.2, 0.25) is 0 Å². The van der Waals surface area contributed by atoms with Gasteiger partial charge in [-0.2, -0.15) is 0 Å². The van der Waals surface area contributed by atoms with E-state index in [-0.39, 0.29) is 18.5 Å².